The number of hydrogen-bond donors (Lipinski definition) is 1. The molecular weight excluding hydrogens is 392 g/mol. The molecule has 0 radical (unpaired) electrons. The number of phenolic OH excluding ortho intramolecular Hbond substituents is 1. The van der Waals surface area contributed by atoms with Gasteiger partial charge in [-0.1, -0.05) is 18.2 Å². The zero-order valence-corrected chi connectivity index (χ0v) is 17.0. The predicted molar refractivity (Wildman–Crippen MR) is 110 cm³/mol. The first-order chi connectivity index (χ1) is 14.0. The van der Waals surface area contributed by atoms with Crippen LogP contribution < -0.4 is 4.74 Å². The van der Waals surface area contributed by atoms with Crippen LogP contribution in [0.3, 0.4) is 0 Å². The highest BCUT2D eigenvalue weighted by Crippen LogP contribution is 2.38. The van der Waals surface area contributed by atoms with Crippen molar-refractivity contribution in [2.24, 2.45) is 0 Å². The maximum absolute atomic E-state index is 13.2. The van der Waals surface area contributed by atoms with Gasteiger partial charge in [0.1, 0.15) is 18.1 Å². The van der Waals surface area contributed by atoms with E-state index < -0.39 is 5.78 Å². The zero-order valence-electron chi connectivity index (χ0n) is 16.3. The highest BCUT2D eigenvalue weighted by Gasteiger charge is 2.35. The fourth-order valence-electron chi connectivity index (χ4n) is 3.86. The number of phenols is 1. The normalized spacial score (nSPS) is 17.2. The minimum Gasteiger partial charge on any atom is -0.507 e. The Morgan fingerprint density at radius 3 is 2.45 bits per heavy atom. The molecule has 1 fully saturated rings. The smallest absolute Gasteiger partial charge is 0.201 e. The van der Waals surface area contributed by atoms with Crippen molar-refractivity contribution in [3.05, 3.63) is 58.1 Å². The van der Waals surface area contributed by atoms with Crippen LogP contribution in [0.15, 0.2) is 30.3 Å². The second kappa shape index (κ2) is 8.14. The molecule has 2 aromatic carbocycles. The van der Waals surface area contributed by atoms with E-state index in [-0.39, 0.29) is 34.1 Å². The van der Waals surface area contributed by atoms with E-state index >= 15 is 0 Å². The average Bonchev–Trinajstić information content (AvgIpc) is 2.73. The van der Waals surface area contributed by atoms with Crippen molar-refractivity contribution < 1.29 is 19.4 Å². The van der Waals surface area contributed by atoms with Gasteiger partial charge in [0.15, 0.2) is 5.78 Å². The fourth-order valence-corrected chi connectivity index (χ4v) is 4.08. The van der Waals surface area contributed by atoms with Gasteiger partial charge in [-0.15, -0.1) is 11.6 Å². The second-order valence-electron chi connectivity index (χ2n) is 7.46. The third-order valence-corrected chi connectivity index (χ3v) is 5.92. The van der Waals surface area contributed by atoms with Gasteiger partial charge in [-0.2, -0.15) is 0 Å². The number of carbonyl (C=O) groups excluding carboxylic acids is 2. The molecule has 29 heavy (non-hydrogen) atoms. The third-order valence-electron chi connectivity index (χ3n) is 5.64. The van der Waals surface area contributed by atoms with E-state index in [9.17, 15) is 14.7 Å². The lowest BCUT2D eigenvalue weighted by atomic mass is 9.82. The molecule has 1 aliphatic heterocycles. The first kappa shape index (κ1) is 19.9. The molecule has 4 rings (SSSR count). The van der Waals surface area contributed by atoms with Crippen LogP contribution in [0, 0.1) is 0 Å². The lowest BCUT2D eigenvalue weighted by Gasteiger charge is -2.32. The van der Waals surface area contributed by atoms with Gasteiger partial charge in [-0.05, 0) is 19.2 Å². The summed E-state index contributed by atoms with van der Waals surface area (Å²) in [4.78, 5) is 30.8. The van der Waals surface area contributed by atoms with Crippen LogP contribution in [-0.4, -0.2) is 72.9 Å². The maximum atomic E-state index is 13.2. The van der Waals surface area contributed by atoms with Crippen LogP contribution >= 0.6 is 11.6 Å². The summed E-state index contributed by atoms with van der Waals surface area (Å²) in [7, 11) is 2.11. The lowest BCUT2D eigenvalue weighted by molar-refractivity contribution is 0.0971. The van der Waals surface area contributed by atoms with Gasteiger partial charge >= 0.3 is 0 Å². The minimum atomic E-state index is -0.408. The Morgan fingerprint density at radius 2 is 1.72 bits per heavy atom. The van der Waals surface area contributed by atoms with E-state index in [1.807, 2.05) is 0 Å². The quantitative estimate of drug-likeness (QED) is 0.647. The Balaban J connectivity index is 1.59. The van der Waals surface area contributed by atoms with E-state index in [0.29, 0.717) is 23.5 Å². The molecule has 0 unspecified atom stereocenters. The van der Waals surface area contributed by atoms with Crippen molar-refractivity contribution in [1.82, 2.24) is 9.80 Å². The Kier molecular flexibility index (Phi) is 5.58. The van der Waals surface area contributed by atoms with Crippen LogP contribution in [0.4, 0.5) is 0 Å². The maximum Gasteiger partial charge on any atom is 0.201 e. The fraction of sp³-hybridized carbons (Fsp3) is 0.364. The molecule has 1 N–H and O–H groups in total. The molecule has 0 aromatic heterocycles. The van der Waals surface area contributed by atoms with E-state index in [4.69, 9.17) is 16.3 Å². The summed E-state index contributed by atoms with van der Waals surface area (Å²) in [6.07, 6.45) is 0. The van der Waals surface area contributed by atoms with Gasteiger partial charge < -0.3 is 14.7 Å². The van der Waals surface area contributed by atoms with Crippen LogP contribution in [-0.2, 0) is 5.88 Å². The summed E-state index contributed by atoms with van der Waals surface area (Å²) in [6.45, 7) is 5.17. The number of likely N-dealkylation sites (N-methyl/N-ethyl adjacent to an activating group) is 1. The molecule has 1 saturated heterocycles. The molecule has 6 nitrogen and oxygen atoms in total. The summed E-state index contributed by atoms with van der Waals surface area (Å²) in [5.74, 6) is -0.508. The molecular formula is C22H23ClN2O4. The van der Waals surface area contributed by atoms with E-state index in [0.717, 1.165) is 32.7 Å². The Morgan fingerprint density at radius 1 is 1.00 bits per heavy atom. The van der Waals surface area contributed by atoms with E-state index in [2.05, 4.69) is 16.8 Å². The van der Waals surface area contributed by atoms with Gasteiger partial charge in [0.25, 0.3) is 0 Å². The Hall–Kier alpha value is -2.41. The van der Waals surface area contributed by atoms with E-state index in [1.54, 1.807) is 30.3 Å². The Labute approximate surface area is 174 Å². The van der Waals surface area contributed by atoms with Gasteiger partial charge in [0, 0.05) is 49.4 Å². The molecule has 152 valence electrons. The van der Waals surface area contributed by atoms with E-state index in [1.165, 1.54) is 0 Å². The molecule has 0 spiro atoms. The molecule has 0 atom stereocenters. The highest BCUT2D eigenvalue weighted by atomic mass is 35.5. The second-order valence-corrected chi connectivity index (χ2v) is 7.73. The zero-order chi connectivity index (χ0) is 20.5. The van der Waals surface area contributed by atoms with Crippen molar-refractivity contribution in [1.29, 1.82) is 0 Å². The standard InChI is InChI=1S/C22H23ClN2O4/c1-24-7-9-25(10-8-24)11-12-29-17-4-2-3-15-18(17)22(28)19-16(21(15)27)6-5-14(13-23)20(19)26/h2-6,26H,7-13H2,1H3. The number of fused-ring (bicyclic) bond motifs is 2. The molecule has 0 saturated carbocycles. The summed E-state index contributed by atoms with van der Waals surface area (Å²) < 4.78 is 5.93. The molecule has 2 aromatic rings. The average molecular weight is 415 g/mol. The molecule has 2 aliphatic rings. The van der Waals surface area contributed by atoms with Gasteiger partial charge in [-0.3, -0.25) is 14.5 Å². The molecule has 7 heteroatoms. The number of halogens is 1. The largest absolute Gasteiger partial charge is 0.507 e. The summed E-state index contributed by atoms with van der Waals surface area (Å²) in [5, 5.41) is 10.5. The first-order valence-electron chi connectivity index (χ1n) is 9.68. The number of piperazine rings is 1. The van der Waals surface area contributed by atoms with Crippen molar-refractivity contribution in [2.45, 2.75) is 5.88 Å². The summed E-state index contributed by atoms with van der Waals surface area (Å²) in [6, 6.07) is 8.16. The van der Waals surface area contributed by atoms with Gasteiger partial charge in [-0.25, -0.2) is 0 Å². The highest BCUT2D eigenvalue weighted by molar-refractivity contribution is 6.30. The van der Waals surface area contributed by atoms with Crippen LogP contribution in [0.1, 0.15) is 37.4 Å². The third kappa shape index (κ3) is 3.64. The van der Waals surface area contributed by atoms with Crippen molar-refractivity contribution >= 4 is 23.2 Å². The number of benzene rings is 2. The minimum absolute atomic E-state index is 0.00997. The number of ketones is 2. The predicted octanol–water partition coefficient (Wildman–Crippen LogP) is 2.53. The number of carbonyl (C=O) groups is 2. The first-order valence-corrected chi connectivity index (χ1v) is 10.2. The number of alkyl halides is 1. The summed E-state index contributed by atoms with van der Waals surface area (Å²) in [5.41, 5.74) is 1.14. The number of aromatic hydroxyl groups is 1. The van der Waals surface area contributed by atoms with Crippen molar-refractivity contribution in [3.8, 4) is 11.5 Å². The molecule has 1 heterocycles. The van der Waals surface area contributed by atoms with Crippen LogP contribution in [0.2, 0.25) is 0 Å². The number of hydrogen-bond acceptors (Lipinski definition) is 6. The number of rotatable bonds is 5. The topological polar surface area (TPSA) is 70.1 Å². The molecule has 0 amide bonds. The van der Waals surface area contributed by atoms with Gasteiger partial charge in [0.2, 0.25) is 5.78 Å². The van der Waals surface area contributed by atoms with Crippen molar-refractivity contribution in [2.75, 3.05) is 46.4 Å². The molecule has 1 aliphatic carbocycles. The lowest BCUT2D eigenvalue weighted by Crippen LogP contribution is -2.45. The van der Waals surface area contributed by atoms with Crippen LogP contribution in [0.25, 0.3) is 0 Å². The number of ether oxygens (including phenoxy) is 1. The summed E-state index contributed by atoms with van der Waals surface area (Å²) >= 11 is 5.85. The van der Waals surface area contributed by atoms with Crippen molar-refractivity contribution in [3.63, 3.8) is 0 Å². The molecule has 0 bridgehead atoms. The van der Waals surface area contributed by atoms with Crippen LogP contribution in [0.5, 0.6) is 11.5 Å². The monoisotopic (exact) mass is 414 g/mol. The Bertz CT molecular complexity index is 968. The SMILES string of the molecule is CN1CCN(CCOc2cccc3c2C(=O)c2c(ccc(CCl)c2O)C3=O)CC1. The number of nitrogens with zero attached hydrogens (tertiary/aromatic N) is 2. The van der Waals surface area contributed by atoms with Gasteiger partial charge in [0.05, 0.1) is 17.0 Å².